The van der Waals surface area contributed by atoms with Crippen LogP contribution >= 0.6 is 0 Å². The lowest BCUT2D eigenvalue weighted by Crippen LogP contribution is -2.06. The minimum absolute atomic E-state index is 0.537. The Morgan fingerprint density at radius 2 is 1.84 bits per heavy atom. The maximum atomic E-state index is 8.92. The van der Waals surface area contributed by atoms with Gasteiger partial charge in [-0.15, -0.1) is 0 Å². The standard InChI is InChI=1S/C21H20N2O2/c1-3-24-10-11-25-18-8-9-20-19(13-18)15(2)12-21(23-20)17-6-4-16(14-22)5-7-17/h4-9,12-13H,3,10-11H2,1-2H3. The number of nitriles is 1. The Kier molecular flexibility index (Phi) is 5.27. The molecule has 0 fully saturated rings. The first-order valence-electron chi connectivity index (χ1n) is 8.33. The van der Waals surface area contributed by atoms with Crippen molar-refractivity contribution in [1.29, 1.82) is 5.26 Å². The molecule has 0 N–H and O–H groups in total. The first-order valence-corrected chi connectivity index (χ1v) is 8.33. The zero-order valence-electron chi connectivity index (χ0n) is 14.5. The van der Waals surface area contributed by atoms with Crippen molar-refractivity contribution in [2.75, 3.05) is 19.8 Å². The summed E-state index contributed by atoms with van der Waals surface area (Å²) < 4.78 is 11.0. The number of nitrogens with zero attached hydrogens (tertiary/aromatic N) is 2. The molecule has 0 atom stereocenters. The highest BCUT2D eigenvalue weighted by Crippen LogP contribution is 2.27. The number of hydrogen-bond donors (Lipinski definition) is 0. The molecular weight excluding hydrogens is 312 g/mol. The summed E-state index contributed by atoms with van der Waals surface area (Å²) in [5, 5.41) is 9.99. The maximum absolute atomic E-state index is 8.92. The van der Waals surface area contributed by atoms with Gasteiger partial charge in [0.2, 0.25) is 0 Å². The summed E-state index contributed by atoms with van der Waals surface area (Å²) in [4.78, 5) is 4.75. The molecule has 0 saturated carbocycles. The number of benzene rings is 2. The van der Waals surface area contributed by atoms with Crippen LogP contribution < -0.4 is 4.74 Å². The van der Waals surface area contributed by atoms with Crippen molar-refractivity contribution in [3.05, 3.63) is 59.7 Å². The molecule has 3 rings (SSSR count). The van der Waals surface area contributed by atoms with Crippen LogP contribution in [0.3, 0.4) is 0 Å². The Balaban J connectivity index is 1.87. The van der Waals surface area contributed by atoms with Crippen LogP contribution in [0.2, 0.25) is 0 Å². The Labute approximate surface area is 147 Å². The third-order valence-corrected chi connectivity index (χ3v) is 4.00. The molecule has 25 heavy (non-hydrogen) atoms. The second-order valence-electron chi connectivity index (χ2n) is 5.74. The van der Waals surface area contributed by atoms with Crippen LogP contribution in [0.15, 0.2) is 48.5 Å². The van der Waals surface area contributed by atoms with E-state index in [1.54, 1.807) is 0 Å². The lowest BCUT2D eigenvalue weighted by atomic mass is 10.0. The van der Waals surface area contributed by atoms with Crippen molar-refractivity contribution in [3.8, 4) is 23.1 Å². The van der Waals surface area contributed by atoms with Crippen molar-refractivity contribution in [1.82, 2.24) is 4.98 Å². The van der Waals surface area contributed by atoms with Crippen LogP contribution in [0.1, 0.15) is 18.1 Å². The van der Waals surface area contributed by atoms with Gasteiger partial charge in [0.15, 0.2) is 0 Å². The van der Waals surface area contributed by atoms with E-state index in [4.69, 9.17) is 19.7 Å². The van der Waals surface area contributed by atoms with Crippen LogP contribution in [-0.2, 0) is 4.74 Å². The van der Waals surface area contributed by atoms with Gasteiger partial charge in [0.05, 0.1) is 29.5 Å². The Morgan fingerprint density at radius 1 is 1.04 bits per heavy atom. The molecule has 0 saturated heterocycles. The summed E-state index contributed by atoms with van der Waals surface area (Å²) in [5.74, 6) is 0.822. The predicted octanol–water partition coefficient (Wildman–Crippen LogP) is 4.50. The topological polar surface area (TPSA) is 55.1 Å². The van der Waals surface area contributed by atoms with Crippen molar-refractivity contribution in [3.63, 3.8) is 0 Å². The summed E-state index contributed by atoms with van der Waals surface area (Å²) in [6.07, 6.45) is 0. The van der Waals surface area contributed by atoms with Gasteiger partial charge in [0.25, 0.3) is 0 Å². The molecule has 1 aromatic heterocycles. The highest BCUT2D eigenvalue weighted by atomic mass is 16.5. The minimum atomic E-state index is 0.537. The fraction of sp³-hybridized carbons (Fsp3) is 0.238. The molecule has 0 aliphatic heterocycles. The number of hydrogen-bond acceptors (Lipinski definition) is 4. The second-order valence-corrected chi connectivity index (χ2v) is 5.74. The number of pyridine rings is 1. The van der Waals surface area contributed by atoms with Gasteiger partial charge >= 0.3 is 0 Å². The third kappa shape index (κ3) is 3.96. The van der Waals surface area contributed by atoms with Crippen molar-refractivity contribution >= 4 is 10.9 Å². The third-order valence-electron chi connectivity index (χ3n) is 4.00. The van der Waals surface area contributed by atoms with Crippen LogP contribution in [0.25, 0.3) is 22.2 Å². The monoisotopic (exact) mass is 332 g/mol. The summed E-state index contributed by atoms with van der Waals surface area (Å²) in [6, 6.07) is 17.6. The molecular formula is C21H20N2O2. The van der Waals surface area contributed by atoms with E-state index in [0.717, 1.165) is 33.5 Å². The average Bonchev–Trinajstić information content (AvgIpc) is 2.65. The number of aryl methyl sites for hydroxylation is 1. The van der Waals surface area contributed by atoms with E-state index in [9.17, 15) is 0 Å². The average molecular weight is 332 g/mol. The van der Waals surface area contributed by atoms with E-state index >= 15 is 0 Å². The van der Waals surface area contributed by atoms with E-state index < -0.39 is 0 Å². The lowest BCUT2D eigenvalue weighted by Gasteiger charge is -2.10. The van der Waals surface area contributed by atoms with Crippen LogP contribution in [0, 0.1) is 18.3 Å². The highest BCUT2D eigenvalue weighted by Gasteiger charge is 2.07. The maximum Gasteiger partial charge on any atom is 0.120 e. The Bertz CT molecular complexity index is 912. The summed E-state index contributed by atoms with van der Waals surface area (Å²) in [7, 11) is 0. The molecule has 0 aliphatic rings. The molecule has 0 amide bonds. The van der Waals surface area contributed by atoms with Gasteiger partial charge in [-0.25, -0.2) is 4.98 Å². The molecule has 126 valence electrons. The van der Waals surface area contributed by atoms with Crippen LogP contribution in [-0.4, -0.2) is 24.8 Å². The Morgan fingerprint density at radius 3 is 2.56 bits per heavy atom. The fourth-order valence-electron chi connectivity index (χ4n) is 2.69. The molecule has 1 heterocycles. The highest BCUT2D eigenvalue weighted by molar-refractivity contribution is 5.86. The van der Waals surface area contributed by atoms with E-state index in [1.165, 1.54) is 0 Å². The van der Waals surface area contributed by atoms with E-state index in [-0.39, 0.29) is 0 Å². The summed E-state index contributed by atoms with van der Waals surface area (Å²) >= 11 is 0. The lowest BCUT2D eigenvalue weighted by molar-refractivity contribution is 0.110. The Hall–Kier alpha value is -2.90. The molecule has 4 heteroatoms. The van der Waals surface area contributed by atoms with Crippen molar-refractivity contribution in [2.24, 2.45) is 0 Å². The SMILES string of the molecule is CCOCCOc1ccc2nc(-c3ccc(C#N)cc3)cc(C)c2c1. The van der Waals surface area contributed by atoms with Gasteiger partial charge in [-0.3, -0.25) is 0 Å². The van der Waals surface area contributed by atoms with Gasteiger partial charge in [-0.2, -0.15) is 5.26 Å². The normalized spacial score (nSPS) is 10.6. The predicted molar refractivity (Wildman–Crippen MR) is 98.6 cm³/mol. The molecule has 0 unspecified atom stereocenters. The fourth-order valence-corrected chi connectivity index (χ4v) is 2.69. The van der Waals surface area contributed by atoms with Gasteiger partial charge < -0.3 is 9.47 Å². The molecule has 0 aliphatic carbocycles. The van der Waals surface area contributed by atoms with Gasteiger partial charge in [-0.1, -0.05) is 12.1 Å². The molecule has 0 radical (unpaired) electrons. The zero-order chi connectivity index (χ0) is 17.6. The first-order chi connectivity index (χ1) is 12.2. The number of ether oxygens (including phenoxy) is 2. The van der Waals surface area contributed by atoms with Gasteiger partial charge in [0, 0.05) is 17.6 Å². The minimum Gasteiger partial charge on any atom is -0.491 e. The summed E-state index contributed by atoms with van der Waals surface area (Å²) in [5.41, 5.74) is 4.62. The molecule has 0 bridgehead atoms. The summed E-state index contributed by atoms with van der Waals surface area (Å²) in [6.45, 7) is 5.86. The van der Waals surface area contributed by atoms with E-state index in [0.29, 0.717) is 25.4 Å². The second kappa shape index (κ2) is 7.78. The quantitative estimate of drug-likeness (QED) is 0.624. The van der Waals surface area contributed by atoms with Crippen molar-refractivity contribution < 1.29 is 9.47 Å². The number of rotatable bonds is 6. The number of fused-ring (bicyclic) bond motifs is 1. The van der Waals surface area contributed by atoms with E-state index in [2.05, 4.69) is 19.1 Å². The molecule has 0 spiro atoms. The molecule has 2 aromatic carbocycles. The van der Waals surface area contributed by atoms with Crippen LogP contribution in [0.5, 0.6) is 5.75 Å². The zero-order valence-corrected chi connectivity index (χ0v) is 14.5. The molecule has 3 aromatic rings. The first kappa shape index (κ1) is 16.9. The molecule has 4 nitrogen and oxygen atoms in total. The van der Waals surface area contributed by atoms with Crippen molar-refractivity contribution in [2.45, 2.75) is 13.8 Å². The van der Waals surface area contributed by atoms with Gasteiger partial charge in [0.1, 0.15) is 12.4 Å². The van der Waals surface area contributed by atoms with E-state index in [1.807, 2.05) is 49.4 Å². The van der Waals surface area contributed by atoms with Gasteiger partial charge in [-0.05, 0) is 55.8 Å². The smallest absolute Gasteiger partial charge is 0.120 e. The van der Waals surface area contributed by atoms with Crippen LogP contribution in [0.4, 0.5) is 0 Å². The largest absolute Gasteiger partial charge is 0.491 e. The number of aromatic nitrogens is 1.